The number of anilines is 1. The zero-order valence-corrected chi connectivity index (χ0v) is 15.6. The number of aryl methyl sites for hydroxylation is 1. The van der Waals surface area contributed by atoms with Gasteiger partial charge in [0.05, 0.1) is 11.7 Å². The number of hydrogen-bond donors (Lipinski definition) is 1. The number of benzene rings is 1. The lowest BCUT2D eigenvalue weighted by atomic mass is 9.88. The average Bonchev–Trinajstić information content (AvgIpc) is 3.08. The SMILES string of the molecule is Cc1cc(NC(=O)[C@H]2C[C@@H]3CC[C@H]2N3S(=O)(=O)CC(C)C)ccc1F. The molecule has 1 aromatic rings. The van der Waals surface area contributed by atoms with E-state index in [0.29, 0.717) is 17.7 Å². The Bertz CT molecular complexity index is 779. The summed E-state index contributed by atoms with van der Waals surface area (Å²) in [5.41, 5.74) is 1.01. The van der Waals surface area contributed by atoms with Crippen molar-refractivity contribution in [2.45, 2.75) is 52.1 Å². The molecule has 2 heterocycles. The molecule has 138 valence electrons. The first kappa shape index (κ1) is 18.3. The van der Waals surface area contributed by atoms with Crippen molar-refractivity contribution < 1.29 is 17.6 Å². The highest BCUT2D eigenvalue weighted by Gasteiger charge is 2.53. The molecule has 25 heavy (non-hydrogen) atoms. The third-order valence-corrected chi connectivity index (χ3v) is 7.40. The Balaban J connectivity index is 1.74. The third kappa shape index (κ3) is 3.58. The van der Waals surface area contributed by atoms with E-state index in [1.54, 1.807) is 17.3 Å². The van der Waals surface area contributed by atoms with E-state index >= 15 is 0 Å². The Labute approximate surface area is 148 Å². The molecule has 0 unspecified atom stereocenters. The van der Waals surface area contributed by atoms with E-state index in [0.717, 1.165) is 12.8 Å². The molecule has 7 heteroatoms. The fourth-order valence-corrected chi connectivity index (χ4v) is 6.44. The second-order valence-electron chi connectivity index (χ2n) is 7.60. The summed E-state index contributed by atoms with van der Waals surface area (Å²) in [5, 5.41) is 2.82. The van der Waals surface area contributed by atoms with Gasteiger partial charge in [-0.1, -0.05) is 13.8 Å². The number of nitrogens with one attached hydrogen (secondary N) is 1. The minimum atomic E-state index is -3.34. The van der Waals surface area contributed by atoms with Gasteiger partial charge in [0.1, 0.15) is 5.82 Å². The van der Waals surface area contributed by atoms with Crippen LogP contribution < -0.4 is 5.32 Å². The lowest BCUT2D eigenvalue weighted by Crippen LogP contribution is -2.41. The van der Waals surface area contributed by atoms with Gasteiger partial charge in [-0.2, -0.15) is 4.31 Å². The maximum absolute atomic E-state index is 13.4. The number of hydrogen-bond acceptors (Lipinski definition) is 3. The predicted octanol–water partition coefficient (Wildman–Crippen LogP) is 2.91. The van der Waals surface area contributed by atoms with Gasteiger partial charge in [0.25, 0.3) is 0 Å². The molecular weight excluding hydrogens is 343 g/mol. The average molecular weight is 368 g/mol. The zero-order valence-electron chi connectivity index (χ0n) is 14.8. The predicted molar refractivity (Wildman–Crippen MR) is 95.1 cm³/mol. The maximum Gasteiger partial charge on any atom is 0.229 e. The first-order chi connectivity index (χ1) is 11.7. The van der Waals surface area contributed by atoms with E-state index in [2.05, 4.69) is 5.32 Å². The van der Waals surface area contributed by atoms with Gasteiger partial charge in [-0.3, -0.25) is 4.79 Å². The second-order valence-corrected chi connectivity index (χ2v) is 9.52. The third-order valence-electron chi connectivity index (χ3n) is 5.10. The minimum absolute atomic E-state index is 0.0551. The summed E-state index contributed by atoms with van der Waals surface area (Å²) in [4.78, 5) is 12.7. The van der Waals surface area contributed by atoms with Gasteiger partial charge in [-0.05, 0) is 55.9 Å². The summed E-state index contributed by atoms with van der Waals surface area (Å²) in [7, 11) is -3.34. The highest BCUT2D eigenvalue weighted by Crippen LogP contribution is 2.44. The summed E-state index contributed by atoms with van der Waals surface area (Å²) in [6.45, 7) is 5.41. The van der Waals surface area contributed by atoms with Gasteiger partial charge < -0.3 is 5.32 Å². The van der Waals surface area contributed by atoms with Crippen LogP contribution in [0.4, 0.5) is 10.1 Å². The van der Waals surface area contributed by atoms with Crippen LogP contribution in [-0.2, 0) is 14.8 Å². The van der Waals surface area contributed by atoms with Crippen LogP contribution in [0.2, 0.25) is 0 Å². The summed E-state index contributed by atoms with van der Waals surface area (Å²) in [5.74, 6) is -0.664. The number of rotatable bonds is 5. The van der Waals surface area contributed by atoms with E-state index in [-0.39, 0.29) is 41.4 Å². The Hall–Kier alpha value is -1.47. The van der Waals surface area contributed by atoms with Crippen molar-refractivity contribution >= 4 is 21.6 Å². The second kappa shape index (κ2) is 6.68. The smallest absolute Gasteiger partial charge is 0.229 e. The van der Waals surface area contributed by atoms with E-state index in [9.17, 15) is 17.6 Å². The number of carbonyl (C=O) groups excluding carboxylic acids is 1. The van der Waals surface area contributed by atoms with Crippen LogP contribution in [0, 0.1) is 24.6 Å². The number of nitrogens with zero attached hydrogens (tertiary/aromatic N) is 1. The summed E-state index contributed by atoms with van der Waals surface area (Å²) in [6.07, 6.45) is 2.11. The zero-order chi connectivity index (χ0) is 18.4. The number of sulfonamides is 1. The standard InChI is InChI=1S/C18H25FN2O3S/c1-11(2)10-25(23,24)21-14-5-7-17(21)15(9-14)18(22)20-13-4-6-16(19)12(3)8-13/h4,6,8,11,14-15,17H,5,7,9-10H2,1-3H3,(H,20,22)/t14-,15-,17+/m0/s1. The topological polar surface area (TPSA) is 66.5 Å². The molecule has 0 aromatic heterocycles. The largest absolute Gasteiger partial charge is 0.326 e. The molecule has 1 aromatic carbocycles. The van der Waals surface area contributed by atoms with Gasteiger partial charge in [0, 0.05) is 17.8 Å². The van der Waals surface area contributed by atoms with Crippen molar-refractivity contribution in [3.63, 3.8) is 0 Å². The number of halogens is 1. The van der Waals surface area contributed by atoms with Crippen LogP contribution in [0.15, 0.2) is 18.2 Å². The van der Waals surface area contributed by atoms with Gasteiger partial charge in [-0.15, -0.1) is 0 Å². The van der Waals surface area contributed by atoms with Crippen LogP contribution in [0.1, 0.15) is 38.7 Å². The first-order valence-electron chi connectivity index (χ1n) is 8.77. The molecule has 1 amide bonds. The lowest BCUT2D eigenvalue weighted by molar-refractivity contribution is -0.120. The highest BCUT2D eigenvalue weighted by molar-refractivity contribution is 7.89. The van der Waals surface area contributed by atoms with E-state index < -0.39 is 10.0 Å². The van der Waals surface area contributed by atoms with Crippen LogP contribution in [0.3, 0.4) is 0 Å². The maximum atomic E-state index is 13.4. The van der Waals surface area contributed by atoms with Gasteiger partial charge >= 0.3 is 0 Å². The van der Waals surface area contributed by atoms with Crippen LogP contribution in [0.25, 0.3) is 0 Å². The Morgan fingerprint density at radius 2 is 2.08 bits per heavy atom. The van der Waals surface area contributed by atoms with Crippen LogP contribution >= 0.6 is 0 Å². The highest BCUT2D eigenvalue weighted by atomic mass is 32.2. The molecule has 2 saturated heterocycles. The Morgan fingerprint density at radius 3 is 2.72 bits per heavy atom. The minimum Gasteiger partial charge on any atom is -0.326 e. The molecule has 1 N–H and O–H groups in total. The van der Waals surface area contributed by atoms with Gasteiger partial charge in [0.2, 0.25) is 15.9 Å². The molecule has 2 fully saturated rings. The van der Waals surface area contributed by atoms with Crippen molar-refractivity contribution in [3.05, 3.63) is 29.6 Å². The summed E-state index contributed by atoms with van der Waals surface area (Å²) < 4.78 is 40.3. The molecule has 0 spiro atoms. The van der Waals surface area contributed by atoms with Crippen molar-refractivity contribution in [2.75, 3.05) is 11.1 Å². The van der Waals surface area contributed by atoms with Crippen LogP contribution in [-0.4, -0.2) is 36.5 Å². The number of fused-ring (bicyclic) bond motifs is 2. The van der Waals surface area contributed by atoms with E-state index in [4.69, 9.17) is 0 Å². The molecule has 2 aliphatic rings. The van der Waals surface area contributed by atoms with Crippen molar-refractivity contribution in [3.8, 4) is 0 Å². The fourth-order valence-electron chi connectivity index (χ4n) is 4.12. The Kier molecular flexibility index (Phi) is 4.90. The number of carbonyl (C=O) groups is 1. The molecule has 3 atom stereocenters. The van der Waals surface area contributed by atoms with Gasteiger partial charge in [-0.25, -0.2) is 12.8 Å². The quantitative estimate of drug-likeness (QED) is 0.869. The van der Waals surface area contributed by atoms with E-state index in [1.807, 2.05) is 13.8 Å². The molecule has 2 bridgehead atoms. The van der Waals surface area contributed by atoms with Crippen molar-refractivity contribution in [2.24, 2.45) is 11.8 Å². The molecule has 3 rings (SSSR count). The molecular formula is C18H25FN2O3S. The summed E-state index contributed by atoms with van der Waals surface area (Å²) in [6, 6.07) is 4.12. The monoisotopic (exact) mass is 368 g/mol. The van der Waals surface area contributed by atoms with Crippen molar-refractivity contribution in [1.82, 2.24) is 4.31 Å². The van der Waals surface area contributed by atoms with Crippen molar-refractivity contribution in [1.29, 1.82) is 0 Å². The lowest BCUT2D eigenvalue weighted by Gasteiger charge is -2.24. The molecule has 0 saturated carbocycles. The van der Waals surface area contributed by atoms with Gasteiger partial charge in [0.15, 0.2) is 0 Å². The number of amides is 1. The fraction of sp³-hybridized carbons (Fsp3) is 0.611. The molecule has 0 aliphatic carbocycles. The molecule has 0 radical (unpaired) electrons. The summed E-state index contributed by atoms with van der Waals surface area (Å²) >= 11 is 0. The molecule has 5 nitrogen and oxygen atoms in total. The molecule has 2 aliphatic heterocycles. The normalized spacial score (nSPS) is 26.4. The first-order valence-corrected chi connectivity index (χ1v) is 10.4. The van der Waals surface area contributed by atoms with E-state index in [1.165, 1.54) is 12.1 Å². The van der Waals surface area contributed by atoms with Crippen LogP contribution in [0.5, 0.6) is 0 Å². The Morgan fingerprint density at radius 1 is 1.36 bits per heavy atom.